The van der Waals surface area contributed by atoms with Gasteiger partial charge in [0.05, 0.1) is 11.9 Å². The van der Waals surface area contributed by atoms with E-state index in [9.17, 15) is 0 Å². The van der Waals surface area contributed by atoms with Crippen molar-refractivity contribution >= 4 is 21.4 Å². The molecule has 0 aliphatic heterocycles. The van der Waals surface area contributed by atoms with E-state index in [1.54, 1.807) is 29.9 Å². The molecule has 0 saturated carbocycles. The quantitative estimate of drug-likeness (QED) is 0.707. The van der Waals surface area contributed by atoms with Gasteiger partial charge in [0, 0.05) is 27.9 Å². The van der Waals surface area contributed by atoms with Crippen molar-refractivity contribution in [2.45, 2.75) is 6.61 Å². The molecule has 0 N–H and O–H groups in total. The Morgan fingerprint density at radius 3 is 3.00 bits per heavy atom. The molecule has 2 aromatic heterocycles. The third-order valence-electron chi connectivity index (χ3n) is 2.44. The standard InChI is InChI=1S/C13H10N2OS/c1-2-4-13-11(3-1)12(9-17-13)16-8-10-7-14-5-6-15-10/h1-7,9H,8H2. The van der Waals surface area contributed by atoms with Crippen LogP contribution in [-0.4, -0.2) is 9.97 Å². The van der Waals surface area contributed by atoms with E-state index in [2.05, 4.69) is 22.1 Å². The fourth-order valence-corrected chi connectivity index (χ4v) is 2.50. The Morgan fingerprint density at radius 1 is 1.18 bits per heavy atom. The van der Waals surface area contributed by atoms with Gasteiger partial charge in [-0.05, 0) is 12.1 Å². The molecule has 0 fully saturated rings. The normalized spacial score (nSPS) is 10.6. The number of benzene rings is 1. The molecule has 0 aliphatic carbocycles. The molecule has 3 rings (SSSR count). The van der Waals surface area contributed by atoms with E-state index in [1.807, 2.05) is 17.5 Å². The lowest BCUT2D eigenvalue weighted by Gasteiger charge is -2.03. The zero-order valence-electron chi connectivity index (χ0n) is 9.04. The second-order valence-electron chi connectivity index (χ2n) is 3.58. The average Bonchev–Trinajstić information content (AvgIpc) is 2.81. The van der Waals surface area contributed by atoms with Gasteiger partial charge in [-0.3, -0.25) is 9.97 Å². The SMILES string of the molecule is c1ccc2c(OCc3cnccn3)csc2c1. The Morgan fingerprint density at radius 2 is 2.12 bits per heavy atom. The van der Waals surface area contributed by atoms with Crippen LogP contribution in [0.3, 0.4) is 0 Å². The molecule has 0 saturated heterocycles. The molecule has 1 aromatic carbocycles. The number of thiophene rings is 1. The lowest BCUT2D eigenvalue weighted by molar-refractivity contribution is 0.305. The van der Waals surface area contributed by atoms with E-state index < -0.39 is 0 Å². The summed E-state index contributed by atoms with van der Waals surface area (Å²) in [5, 5.41) is 3.18. The highest BCUT2D eigenvalue weighted by atomic mass is 32.1. The van der Waals surface area contributed by atoms with Gasteiger partial charge in [-0.2, -0.15) is 0 Å². The fraction of sp³-hybridized carbons (Fsp3) is 0.0769. The highest BCUT2D eigenvalue weighted by molar-refractivity contribution is 7.17. The Hall–Kier alpha value is -1.94. The molecule has 0 bridgehead atoms. The molecule has 84 valence electrons. The van der Waals surface area contributed by atoms with E-state index in [-0.39, 0.29) is 0 Å². The van der Waals surface area contributed by atoms with E-state index in [1.165, 1.54) is 4.70 Å². The first-order valence-electron chi connectivity index (χ1n) is 5.27. The molecular weight excluding hydrogens is 232 g/mol. The predicted molar refractivity (Wildman–Crippen MR) is 68.2 cm³/mol. The van der Waals surface area contributed by atoms with Gasteiger partial charge in [-0.15, -0.1) is 11.3 Å². The Balaban J connectivity index is 1.82. The number of nitrogens with zero attached hydrogens (tertiary/aromatic N) is 2. The first-order valence-corrected chi connectivity index (χ1v) is 6.15. The van der Waals surface area contributed by atoms with Crippen molar-refractivity contribution in [2.24, 2.45) is 0 Å². The summed E-state index contributed by atoms with van der Waals surface area (Å²) in [6, 6.07) is 8.21. The van der Waals surface area contributed by atoms with Crippen LogP contribution >= 0.6 is 11.3 Å². The average molecular weight is 242 g/mol. The van der Waals surface area contributed by atoms with Crippen LogP contribution < -0.4 is 4.74 Å². The maximum Gasteiger partial charge on any atom is 0.138 e. The van der Waals surface area contributed by atoms with Gasteiger partial charge in [0.2, 0.25) is 0 Å². The van der Waals surface area contributed by atoms with Crippen molar-refractivity contribution in [1.82, 2.24) is 9.97 Å². The Kier molecular flexibility index (Phi) is 2.71. The smallest absolute Gasteiger partial charge is 0.138 e. The molecule has 0 spiro atoms. The van der Waals surface area contributed by atoms with E-state index in [4.69, 9.17) is 4.74 Å². The summed E-state index contributed by atoms with van der Waals surface area (Å²) < 4.78 is 6.99. The van der Waals surface area contributed by atoms with Gasteiger partial charge in [0.25, 0.3) is 0 Å². The number of fused-ring (bicyclic) bond motifs is 1. The van der Waals surface area contributed by atoms with Gasteiger partial charge < -0.3 is 4.74 Å². The van der Waals surface area contributed by atoms with Crippen LogP contribution in [0.25, 0.3) is 10.1 Å². The first-order chi connectivity index (χ1) is 8.43. The van der Waals surface area contributed by atoms with Crippen molar-refractivity contribution in [3.8, 4) is 5.75 Å². The molecule has 17 heavy (non-hydrogen) atoms. The summed E-state index contributed by atoms with van der Waals surface area (Å²) in [4.78, 5) is 8.18. The third-order valence-corrected chi connectivity index (χ3v) is 3.38. The molecular formula is C13H10N2OS. The summed E-state index contributed by atoms with van der Waals surface area (Å²) >= 11 is 1.69. The van der Waals surface area contributed by atoms with Crippen LogP contribution in [0.1, 0.15) is 5.69 Å². The van der Waals surface area contributed by atoms with Gasteiger partial charge in [-0.1, -0.05) is 12.1 Å². The third kappa shape index (κ3) is 2.12. The van der Waals surface area contributed by atoms with Crippen LogP contribution in [0.4, 0.5) is 0 Å². The number of hydrogen-bond donors (Lipinski definition) is 0. The van der Waals surface area contributed by atoms with Crippen LogP contribution in [0.5, 0.6) is 5.75 Å². The lowest BCUT2D eigenvalue weighted by atomic mass is 10.2. The molecule has 0 atom stereocenters. The summed E-state index contributed by atoms with van der Waals surface area (Å²) in [6.07, 6.45) is 5.04. The molecule has 0 amide bonds. The summed E-state index contributed by atoms with van der Waals surface area (Å²) in [6.45, 7) is 0.453. The second kappa shape index (κ2) is 4.51. The van der Waals surface area contributed by atoms with Crippen LogP contribution in [0.15, 0.2) is 48.2 Å². The summed E-state index contributed by atoms with van der Waals surface area (Å²) in [5.74, 6) is 0.913. The van der Waals surface area contributed by atoms with Crippen molar-refractivity contribution in [3.05, 3.63) is 53.9 Å². The van der Waals surface area contributed by atoms with Crippen LogP contribution in [0.2, 0.25) is 0 Å². The number of aromatic nitrogens is 2. The lowest BCUT2D eigenvalue weighted by Crippen LogP contribution is -1.97. The van der Waals surface area contributed by atoms with Gasteiger partial charge in [0.1, 0.15) is 12.4 Å². The minimum absolute atomic E-state index is 0.453. The molecule has 4 heteroatoms. The topological polar surface area (TPSA) is 35.0 Å². The zero-order valence-corrected chi connectivity index (χ0v) is 9.85. The van der Waals surface area contributed by atoms with Gasteiger partial charge in [-0.25, -0.2) is 0 Å². The number of ether oxygens (including phenoxy) is 1. The molecule has 0 aliphatic rings. The number of rotatable bonds is 3. The molecule has 0 unspecified atom stereocenters. The monoisotopic (exact) mass is 242 g/mol. The second-order valence-corrected chi connectivity index (χ2v) is 4.49. The number of hydrogen-bond acceptors (Lipinski definition) is 4. The fourth-order valence-electron chi connectivity index (χ4n) is 1.62. The molecule has 0 radical (unpaired) electrons. The summed E-state index contributed by atoms with van der Waals surface area (Å²) in [5.41, 5.74) is 0.836. The van der Waals surface area contributed by atoms with Crippen LogP contribution in [0, 0.1) is 0 Å². The first kappa shape index (κ1) is 10.2. The maximum atomic E-state index is 5.75. The molecule has 3 aromatic rings. The Bertz CT molecular complexity index is 621. The van der Waals surface area contributed by atoms with E-state index >= 15 is 0 Å². The minimum atomic E-state index is 0.453. The Labute approximate surface area is 103 Å². The maximum absolute atomic E-state index is 5.75. The van der Waals surface area contributed by atoms with Crippen molar-refractivity contribution in [1.29, 1.82) is 0 Å². The predicted octanol–water partition coefficient (Wildman–Crippen LogP) is 3.27. The van der Waals surface area contributed by atoms with Crippen molar-refractivity contribution in [2.75, 3.05) is 0 Å². The molecule has 3 nitrogen and oxygen atoms in total. The van der Waals surface area contributed by atoms with Gasteiger partial charge >= 0.3 is 0 Å². The highest BCUT2D eigenvalue weighted by Gasteiger charge is 2.04. The highest BCUT2D eigenvalue weighted by Crippen LogP contribution is 2.32. The largest absolute Gasteiger partial charge is 0.486 e. The summed E-state index contributed by atoms with van der Waals surface area (Å²) in [7, 11) is 0. The van der Waals surface area contributed by atoms with Crippen molar-refractivity contribution < 1.29 is 4.74 Å². The van der Waals surface area contributed by atoms with E-state index in [0.29, 0.717) is 6.61 Å². The van der Waals surface area contributed by atoms with Gasteiger partial charge in [0.15, 0.2) is 0 Å². The van der Waals surface area contributed by atoms with Crippen molar-refractivity contribution in [3.63, 3.8) is 0 Å². The zero-order chi connectivity index (χ0) is 11.5. The minimum Gasteiger partial charge on any atom is -0.486 e. The van der Waals surface area contributed by atoms with E-state index in [0.717, 1.165) is 16.8 Å². The van der Waals surface area contributed by atoms with Crippen LogP contribution in [-0.2, 0) is 6.61 Å². The molecule has 2 heterocycles.